The lowest BCUT2D eigenvalue weighted by atomic mass is 10.1. The molecule has 0 fully saturated rings. The van der Waals surface area contributed by atoms with E-state index in [0.29, 0.717) is 12.2 Å². The highest BCUT2D eigenvalue weighted by atomic mass is 32.2. The van der Waals surface area contributed by atoms with Gasteiger partial charge in [0.2, 0.25) is 10.0 Å². The van der Waals surface area contributed by atoms with Crippen molar-refractivity contribution in [1.82, 2.24) is 4.31 Å². The third-order valence-corrected chi connectivity index (χ3v) is 6.77. The summed E-state index contributed by atoms with van der Waals surface area (Å²) in [5, 5.41) is 0. The van der Waals surface area contributed by atoms with Gasteiger partial charge in [0.05, 0.1) is 17.1 Å². The van der Waals surface area contributed by atoms with E-state index in [-0.39, 0.29) is 18.0 Å². The van der Waals surface area contributed by atoms with Gasteiger partial charge in [-0.3, -0.25) is 0 Å². The Labute approximate surface area is 184 Å². The molecule has 0 amide bonds. The highest BCUT2D eigenvalue weighted by Gasteiger charge is 2.25. The Morgan fingerprint density at radius 3 is 1.71 bits per heavy atom. The maximum atomic E-state index is 13.4. The first-order valence-electron chi connectivity index (χ1n) is 10.2. The van der Waals surface area contributed by atoms with Gasteiger partial charge in [0.15, 0.2) is 0 Å². The van der Waals surface area contributed by atoms with Crippen molar-refractivity contribution in [2.24, 2.45) is 0 Å². The van der Waals surface area contributed by atoms with Crippen LogP contribution in [-0.4, -0.2) is 25.3 Å². The monoisotopic (exact) mass is 437 g/mol. The smallest absolute Gasteiger partial charge is 0.338 e. The Morgan fingerprint density at radius 2 is 1.23 bits per heavy atom. The number of hydrogen-bond acceptors (Lipinski definition) is 4. The van der Waals surface area contributed by atoms with E-state index in [0.717, 1.165) is 22.3 Å². The van der Waals surface area contributed by atoms with Crippen LogP contribution in [-0.2, 0) is 27.8 Å². The Balaban J connectivity index is 1.90. The van der Waals surface area contributed by atoms with Crippen LogP contribution in [0.2, 0.25) is 0 Å². The lowest BCUT2D eigenvalue weighted by molar-refractivity contribution is 0.0526. The van der Waals surface area contributed by atoms with E-state index in [1.54, 1.807) is 55.5 Å². The Morgan fingerprint density at radius 1 is 0.774 bits per heavy atom. The maximum absolute atomic E-state index is 13.4. The largest absolute Gasteiger partial charge is 0.462 e. The third-order valence-electron chi connectivity index (χ3n) is 4.96. The molecule has 31 heavy (non-hydrogen) atoms. The van der Waals surface area contributed by atoms with E-state index in [2.05, 4.69) is 0 Å². The number of ether oxygens (including phenoxy) is 1. The molecular weight excluding hydrogens is 410 g/mol. The molecule has 5 nitrogen and oxygen atoms in total. The predicted molar refractivity (Wildman–Crippen MR) is 121 cm³/mol. The van der Waals surface area contributed by atoms with Gasteiger partial charge in [0.25, 0.3) is 0 Å². The topological polar surface area (TPSA) is 63.7 Å². The van der Waals surface area contributed by atoms with Crippen LogP contribution in [0.4, 0.5) is 0 Å². The van der Waals surface area contributed by atoms with E-state index in [4.69, 9.17) is 4.74 Å². The summed E-state index contributed by atoms with van der Waals surface area (Å²) in [7, 11) is -3.72. The second kappa shape index (κ2) is 9.90. The molecule has 0 heterocycles. The summed E-state index contributed by atoms with van der Waals surface area (Å²) < 4.78 is 33.3. The fraction of sp³-hybridized carbons (Fsp3) is 0.240. The van der Waals surface area contributed by atoms with Gasteiger partial charge in [0.1, 0.15) is 0 Å². The molecule has 0 saturated heterocycles. The second-order valence-electron chi connectivity index (χ2n) is 7.49. The summed E-state index contributed by atoms with van der Waals surface area (Å²) in [5.41, 5.74) is 4.25. The van der Waals surface area contributed by atoms with Crippen LogP contribution in [0.1, 0.15) is 39.5 Å². The standard InChI is InChI=1S/C25H27NO4S/c1-4-30-25(27)23-13-11-22(12-14-23)18-26(17-21-9-5-19(2)6-10-21)31(28,29)24-15-7-20(3)8-16-24/h5-16H,4,17-18H2,1-3H3. The number of esters is 1. The second-order valence-corrected chi connectivity index (χ2v) is 9.43. The normalized spacial score (nSPS) is 11.5. The molecule has 3 aromatic rings. The summed E-state index contributed by atoms with van der Waals surface area (Å²) in [6.07, 6.45) is 0. The number of sulfonamides is 1. The van der Waals surface area contributed by atoms with Crippen LogP contribution < -0.4 is 0 Å². The highest BCUT2D eigenvalue weighted by molar-refractivity contribution is 7.89. The van der Waals surface area contributed by atoms with Gasteiger partial charge in [-0.25, -0.2) is 13.2 Å². The first-order chi connectivity index (χ1) is 14.8. The predicted octanol–water partition coefficient (Wildman–Crippen LogP) is 4.87. The Bertz CT molecular complexity index is 1120. The number of hydrogen-bond donors (Lipinski definition) is 0. The van der Waals surface area contributed by atoms with E-state index < -0.39 is 16.0 Å². The van der Waals surface area contributed by atoms with Crippen LogP contribution >= 0.6 is 0 Å². The number of carbonyl (C=O) groups excluding carboxylic acids is 1. The zero-order chi connectivity index (χ0) is 22.4. The van der Waals surface area contributed by atoms with Crippen molar-refractivity contribution in [2.75, 3.05) is 6.61 Å². The molecule has 0 atom stereocenters. The number of carbonyl (C=O) groups is 1. The number of aryl methyl sites for hydroxylation is 2. The Kier molecular flexibility index (Phi) is 7.25. The molecule has 0 bridgehead atoms. The molecule has 0 unspecified atom stereocenters. The fourth-order valence-corrected chi connectivity index (χ4v) is 4.56. The van der Waals surface area contributed by atoms with E-state index in [9.17, 15) is 13.2 Å². The summed E-state index contributed by atoms with van der Waals surface area (Å²) in [4.78, 5) is 12.1. The van der Waals surface area contributed by atoms with Crippen LogP contribution in [0.15, 0.2) is 77.7 Å². The van der Waals surface area contributed by atoms with Crippen molar-refractivity contribution in [1.29, 1.82) is 0 Å². The minimum atomic E-state index is -3.72. The van der Waals surface area contributed by atoms with Crippen LogP contribution in [0.25, 0.3) is 0 Å². The highest BCUT2D eigenvalue weighted by Crippen LogP contribution is 2.22. The SMILES string of the molecule is CCOC(=O)c1ccc(CN(Cc2ccc(C)cc2)S(=O)(=O)c2ccc(C)cc2)cc1. The van der Waals surface area contributed by atoms with E-state index in [1.807, 2.05) is 38.1 Å². The van der Waals surface area contributed by atoms with E-state index >= 15 is 0 Å². The van der Waals surface area contributed by atoms with Gasteiger partial charge in [0, 0.05) is 13.1 Å². The molecule has 0 saturated carbocycles. The number of rotatable bonds is 8. The Hall–Kier alpha value is -2.96. The first kappa shape index (κ1) is 22.7. The average Bonchev–Trinajstić information content (AvgIpc) is 2.76. The van der Waals surface area contributed by atoms with Gasteiger partial charge in [-0.15, -0.1) is 0 Å². The molecule has 162 valence electrons. The summed E-state index contributed by atoms with van der Waals surface area (Å²) >= 11 is 0. The third kappa shape index (κ3) is 5.81. The van der Waals surface area contributed by atoms with Crippen LogP contribution in [0.5, 0.6) is 0 Å². The molecule has 6 heteroatoms. The van der Waals surface area contributed by atoms with Gasteiger partial charge in [-0.1, -0.05) is 59.7 Å². The summed E-state index contributed by atoms with van der Waals surface area (Å²) in [6, 6.07) is 21.5. The minimum Gasteiger partial charge on any atom is -0.462 e. The molecule has 3 aromatic carbocycles. The average molecular weight is 438 g/mol. The maximum Gasteiger partial charge on any atom is 0.338 e. The molecule has 0 aliphatic rings. The molecule has 0 radical (unpaired) electrons. The van der Waals surface area contributed by atoms with Gasteiger partial charge < -0.3 is 4.74 Å². The molecule has 0 aromatic heterocycles. The van der Waals surface area contributed by atoms with Gasteiger partial charge >= 0.3 is 5.97 Å². The summed E-state index contributed by atoms with van der Waals surface area (Å²) in [5.74, 6) is -0.391. The molecule has 3 rings (SSSR count). The lowest BCUT2D eigenvalue weighted by Crippen LogP contribution is -2.30. The van der Waals surface area contributed by atoms with Gasteiger partial charge in [-0.2, -0.15) is 4.31 Å². The quantitative estimate of drug-likeness (QED) is 0.472. The van der Waals surface area contributed by atoms with Crippen LogP contribution in [0.3, 0.4) is 0 Å². The van der Waals surface area contributed by atoms with Crippen molar-refractivity contribution in [3.05, 3.63) is 101 Å². The minimum absolute atomic E-state index is 0.188. The molecule has 0 N–H and O–H groups in total. The van der Waals surface area contributed by atoms with Crippen molar-refractivity contribution < 1.29 is 17.9 Å². The molecule has 0 spiro atoms. The van der Waals surface area contributed by atoms with Crippen molar-refractivity contribution in [2.45, 2.75) is 38.8 Å². The summed E-state index contributed by atoms with van der Waals surface area (Å²) in [6.45, 7) is 6.41. The molecule has 0 aliphatic heterocycles. The molecular formula is C25H27NO4S. The number of nitrogens with zero attached hydrogens (tertiary/aromatic N) is 1. The van der Waals surface area contributed by atoms with Crippen molar-refractivity contribution in [3.63, 3.8) is 0 Å². The zero-order valence-electron chi connectivity index (χ0n) is 18.0. The van der Waals surface area contributed by atoms with Crippen LogP contribution in [0, 0.1) is 13.8 Å². The van der Waals surface area contributed by atoms with E-state index in [1.165, 1.54) is 4.31 Å². The zero-order valence-corrected chi connectivity index (χ0v) is 18.9. The van der Waals surface area contributed by atoms with Crippen molar-refractivity contribution in [3.8, 4) is 0 Å². The first-order valence-corrected chi connectivity index (χ1v) is 11.6. The lowest BCUT2D eigenvalue weighted by Gasteiger charge is -2.23. The van der Waals surface area contributed by atoms with Gasteiger partial charge in [-0.05, 0) is 56.2 Å². The number of benzene rings is 3. The van der Waals surface area contributed by atoms with Crippen molar-refractivity contribution >= 4 is 16.0 Å². The fourth-order valence-electron chi connectivity index (χ4n) is 3.15. The molecule has 0 aliphatic carbocycles.